The van der Waals surface area contributed by atoms with E-state index in [0.29, 0.717) is 0 Å². The maximum atomic E-state index is 11.7. The molecule has 1 N–H and O–H groups in total. The van der Waals surface area contributed by atoms with E-state index < -0.39 is 0 Å². The van der Waals surface area contributed by atoms with Crippen molar-refractivity contribution >= 4 is 5.91 Å². The van der Waals surface area contributed by atoms with E-state index in [-0.39, 0.29) is 17.6 Å². The highest BCUT2D eigenvalue weighted by Crippen LogP contribution is 2.14. The Balaban J connectivity index is 2.02. The number of hydrogen-bond acceptors (Lipinski definition) is 4. The van der Waals surface area contributed by atoms with Crippen LogP contribution >= 0.6 is 0 Å². The van der Waals surface area contributed by atoms with Crippen LogP contribution in [0.1, 0.15) is 41.5 Å². The first-order valence-corrected chi connectivity index (χ1v) is 5.88. The summed E-state index contributed by atoms with van der Waals surface area (Å²) in [4.78, 5) is 11.7. The van der Waals surface area contributed by atoms with Crippen LogP contribution in [0, 0.1) is 0 Å². The Bertz CT molecular complexity index is 506. The highest BCUT2D eigenvalue weighted by atomic mass is 16.6. The summed E-state index contributed by atoms with van der Waals surface area (Å²) in [5.41, 5.74) is 2.52. The van der Waals surface area contributed by atoms with Crippen molar-refractivity contribution in [3.63, 3.8) is 0 Å². The average molecular weight is 245 g/mol. The Labute approximate surface area is 105 Å². The van der Waals surface area contributed by atoms with Gasteiger partial charge in [-0.1, -0.05) is 36.3 Å². The van der Waals surface area contributed by atoms with Crippen LogP contribution in [0.25, 0.3) is 0 Å². The van der Waals surface area contributed by atoms with Crippen molar-refractivity contribution in [3.05, 3.63) is 47.3 Å². The fraction of sp³-hybridized carbons (Fsp3) is 0.308. The largest absolute Gasteiger partial charge is 0.344 e. The predicted molar refractivity (Wildman–Crippen MR) is 66.0 cm³/mol. The topological polar surface area (TPSA) is 68.0 Å². The first-order chi connectivity index (χ1) is 8.70. The number of aromatic nitrogens is 2. The Morgan fingerprint density at radius 3 is 2.67 bits per heavy atom. The minimum Gasteiger partial charge on any atom is -0.344 e. The standard InChI is InChI=1S/C13H15N3O2/c1-3-10-4-6-11(7-5-10)9(2)15-13(17)12-8-14-18-16-12/h4-9H,3H2,1-2H3,(H,15,17). The number of rotatable bonds is 4. The van der Waals surface area contributed by atoms with Crippen LogP contribution in [0.4, 0.5) is 0 Å². The molecule has 0 saturated carbocycles. The van der Waals surface area contributed by atoms with Gasteiger partial charge in [0.25, 0.3) is 5.91 Å². The molecule has 2 aromatic rings. The smallest absolute Gasteiger partial charge is 0.275 e. The van der Waals surface area contributed by atoms with Crippen LogP contribution in [0.3, 0.4) is 0 Å². The molecule has 1 heterocycles. The molecule has 1 aromatic heterocycles. The van der Waals surface area contributed by atoms with E-state index >= 15 is 0 Å². The van der Waals surface area contributed by atoms with Crippen LogP contribution in [0.15, 0.2) is 35.1 Å². The Morgan fingerprint density at radius 1 is 1.39 bits per heavy atom. The van der Waals surface area contributed by atoms with Crippen molar-refractivity contribution in [2.24, 2.45) is 0 Å². The maximum Gasteiger partial charge on any atom is 0.275 e. The van der Waals surface area contributed by atoms with Crippen molar-refractivity contribution < 1.29 is 9.42 Å². The van der Waals surface area contributed by atoms with Crippen LogP contribution in [-0.2, 0) is 6.42 Å². The van der Waals surface area contributed by atoms with E-state index in [2.05, 4.69) is 39.3 Å². The Kier molecular flexibility index (Phi) is 3.72. The first-order valence-electron chi connectivity index (χ1n) is 5.88. The summed E-state index contributed by atoms with van der Waals surface area (Å²) in [6, 6.07) is 8.08. The molecule has 0 spiro atoms. The number of aryl methyl sites for hydroxylation is 1. The highest BCUT2D eigenvalue weighted by Gasteiger charge is 2.14. The predicted octanol–water partition coefficient (Wildman–Crippen LogP) is 2.12. The Hall–Kier alpha value is -2.17. The van der Waals surface area contributed by atoms with E-state index in [9.17, 15) is 4.79 Å². The molecule has 5 nitrogen and oxygen atoms in total. The molecule has 0 aliphatic carbocycles. The molecule has 2 rings (SSSR count). The molecule has 0 aliphatic rings. The zero-order valence-corrected chi connectivity index (χ0v) is 10.4. The normalized spacial score (nSPS) is 12.1. The van der Waals surface area contributed by atoms with Gasteiger partial charge in [0.1, 0.15) is 6.20 Å². The third-order valence-corrected chi connectivity index (χ3v) is 2.83. The number of carbonyl (C=O) groups excluding carboxylic acids is 1. The molecular formula is C13H15N3O2. The van der Waals surface area contributed by atoms with Gasteiger partial charge in [-0.2, -0.15) is 0 Å². The zero-order chi connectivity index (χ0) is 13.0. The third kappa shape index (κ3) is 2.74. The second-order valence-electron chi connectivity index (χ2n) is 4.08. The highest BCUT2D eigenvalue weighted by molar-refractivity contribution is 5.91. The molecule has 0 radical (unpaired) electrons. The second-order valence-corrected chi connectivity index (χ2v) is 4.08. The van der Waals surface area contributed by atoms with Crippen molar-refractivity contribution in [2.75, 3.05) is 0 Å². The van der Waals surface area contributed by atoms with Crippen LogP contribution in [-0.4, -0.2) is 16.2 Å². The molecule has 94 valence electrons. The maximum absolute atomic E-state index is 11.7. The molecular weight excluding hydrogens is 230 g/mol. The summed E-state index contributed by atoms with van der Waals surface area (Å²) >= 11 is 0. The summed E-state index contributed by atoms with van der Waals surface area (Å²) in [5.74, 6) is -0.289. The summed E-state index contributed by atoms with van der Waals surface area (Å²) in [6.07, 6.45) is 2.30. The molecule has 1 aromatic carbocycles. The lowest BCUT2D eigenvalue weighted by Crippen LogP contribution is -2.26. The van der Waals surface area contributed by atoms with Gasteiger partial charge in [-0.15, -0.1) is 0 Å². The SMILES string of the molecule is CCc1ccc(C(C)NC(=O)c2cnon2)cc1. The van der Waals surface area contributed by atoms with Gasteiger partial charge in [0.05, 0.1) is 6.04 Å². The minimum absolute atomic E-state index is 0.0832. The fourth-order valence-corrected chi connectivity index (χ4v) is 1.66. The molecule has 1 atom stereocenters. The molecule has 18 heavy (non-hydrogen) atoms. The number of amides is 1. The lowest BCUT2D eigenvalue weighted by molar-refractivity contribution is 0.0930. The van der Waals surface area contributed by atoms with E-state index in [0.717, 1.165) is 12.0 Å². The Morgan fingerprint density at radius 2 is 2.11 bits per heavy atom. The third-order valence-electron chi connectivity index (χ3n) is 2.83. The summed E-state index contributed by atoms with van der Waals surface area (Å²) < 4.78 is 4.39. The van der Waals surface area contributed by atoms with E-state index in [1.807, 2.05) is 19.1 Å². The summed E-state index contributed by atoms with van der Waals surface area (Å²) in [6.45, 7) is 4.03. The average Bonchev–Trinajstić information content (AvgIpc) is 2.92. The zero-order valence-electron chi connectivity index (χ0n) is 10.4. The fourth-order valence-electron chi connectivity index (χ4n) is 1.66. The molecule has 1 amide bonds. The summed E-state index contributed by atoms with van der Waals surface area (Å²) in [5, 5.41) is 9.73. The van der Waals surface area contributed by atoms with Crippen molar-refractivity contribution in [3.8, 4) is 0 Å². The second kappa shape index (κ2) is 5.44. The van der Waals surface area contributed by atoms with Gasteiger partial charge in [0, 0.05) is 0 Å². The van der Waals surface area contributed by atoms with Crippen LogP contribution < -0.4 is 5.32 Å². The van der Waals surface area contributed by atoms with Gasteiger partial charge in [-0.25, -0.2) is 4.63 Å². The van der Waals surface area contributed by atoms with Gasteiger partial charge < -0.3 is 5.32 Å². The van der Waals surface area contributed by atoms with Crippen molar-refractivity contribution in [1.82, 2.24) is 15.6 Å². The van der Waals surface area contributed by atoms with Gasteiger partial charge in [-0.05, 0) is 29.6 Å². The van der Waals surface area contributed by atoms with E-state index in [4.69, 9.17) is 0 Å². The molecule has 5 heteroatoms. The number of benzene rings is 1. The van der Waals surface area contributed by atoms with Gasteiger partial charge >= 0.3 is 0 Å². The monoisotopic (exact) mass is 245 g/mol. The van der Waals surface area contributed by atoms with Gasteiger partial charge in [-0.3, -0.25) is 4.79 Å². The van der Waals surface area contributed by atoms with Crippen LogP contribution in [0.2, 0.25) is 0 Å². The molecule has 0 saturated heterocycles. The van der Waals surface area contributed by atoms with Crippen molar-refractivity contribution in [1.29, 1.82) is 0 Å². The lowest BCUT2D eigenvalue weighted by Gasteiger charge is -2.13. The molecule has 1 unspecified atom stereocenters. The van der Waals surface area contributed by atoms with Gasteiger partial charge in [0.15, 0.2) is 5.69 Å². The number of nitrogens with one attached hydrogen (secondary N) is 1. The minimum atomic E-state index is -0.289. The van der Waals surface area contributed by atoms with E-state index in [1.165, 1.54) is 11.8 Å². The van der Waals surface area contributed by atoms with Gasteiger partial charge in [0.2, 0.25) is 0 Å². The number of carbonyl (C=O) groups is 1. The molecule has 0 aliphatic heterocycles. The molecule has 0 bridgehead atoms. The number of nitrogens with zero attached hydrogens (tertiary/aromatic N) is 2. The lowest BCUT2D eigenvalue weighted by atomic mass is 10.0. The molecule has 0 fully saturated rings. The first kappa shape index (κ1) is 12.3. The quantitative estimate of drug-likeness (QED) is 0.895. The van der Waals surface area contributed by atoms with Crippen LogP contribution in [0.5, 0.6) is 0 Å². The van der Waals surface area contributed by atoms with Crippen molar-refractivity contribution in [2.45, 2.75) is 26.3 Å². The number of hydrogen-bond donors (Lipinski definition) is 1. The van der Waals surface area contributed by atoms with E-state index in [1.54, 1.807) is 0 Å². The summed E-state index contributed by atoms with van der Waals surface area (Å²) in [7, 11) is 0.